The first-order valence-electron chi connectivity index (χ1n) is 8.05. The molecule has 2 N–H and O–H groups in total. The van der Waals surface area contributed by atoms with Crippen LogP contribution in [0.4, 0.5) is 0 Å². The number of hydrogen-bond acceptors (Lipinski definition) is 6. The molecular formula is C18H23ClN2O5. The Morgan fingerprint density at radius 2 is 1.85 bits per heavy atom. The number of esters is 1. The maximum Gasteiger partial charge on any atom is 0.356 e. The van der Waals surface area contributed by atoms with Crippen molar-refractivity contribution in [2.24, 2.45) is 0 Å². The highest BCUT2D eigenvalue weighted by atomic mass is 35.5. The summed E-state index contributed by atoms with van der Waals surface area (Å²) in [6.45, 7) is 2.46. The van der Waals surface area contributed by atoms with Crippen molar-refractivity contribution >= 4 is 17.6 Å². The van der Waals surface area contributed by atoms with Gasteiger partial charge in [0, 0.05) is 23.4 Å². The number of nitrogens with one attached hydrogen (secondary N) is 2. The van der Waals surface area contributed by atoms with Gasteiger partial charge in [0.05, 0.1) is 33.0 Å². The fraction of sp³-hybridized carbons (Fsp3) is 0.389. The van der Waals surface area contributed by atoms with E-state index < -0.39 is 5.97 Å². The third-order valence-corrected chi connectivity index (χ3v) is 4.20. The first-order chi connectivity index (χ1) is 12.5. The quantitative estimate of drug-likeness (QED) is 0.682. The molecule has 0 fully saturated rings. The number of hydrogen-bond donors (Lipinski definition) is 2. The van der Waals surface area contributed by atoms with Crippen LogP contribution in [0.1, 0.15) is 23.1 Å². The Hall–Kier alpha value is -2.38. The lowest BCUT2D eigenvalue weighted by Crippen LogP contribution is -2.08. The largest absolute Gasteiger partial charge is 0.493 e. The fourth-order valence-electron chi connectivity index (χ4n) is 2.76. The molecule has 0 amide bonds. The number of halogens is 1. The molecule has 1 heterocycles. The van der Waals surface area contributed by atoms with Crippen molar-refractivity contribution in [1.29, 1.82) is 0 Å². The molecule has 0 aliphatic carbocycles. The number of carbonyl (C=O) groups is 1. The summed E-state index contributed by atoms with van der Waals surface area (Å²) in [5, 5.41) is 3.32. The van der Waals surface area contributed by atoms with Crippen LogP contribution in [0.3, 0.4) is 0 Å². The third kappa shape index (κ3) is 3.59. The van der Waals surface area contributed by atoms with Gasteiger partial charge in [0.1, 0.15) is 5.69 Å². The van der Waals surface area contributed by atoms with E-state index >= 15 is 0 Å². The second-order valence-corrected chi connectivity index (χ2v) is 5.68. The van der Waals surface area contributed by atoms with Crippen LogP contribution in [-0.4, -0.2) is 45.9 Å². The van der Waals surface area contributed by atoms with Crippen LogP contribution in [0.25, 0.3) is 11.1 Å². The van der Waals surface area contributed by atoms with E-state index in [0.29, 0.717) is 34.9 Å². The monoisotopic (exact) mass is 382 g/mol. The molecule has 2 aromatic rings. The Balaban J connectivity index is 2.73. The molecule has 0 spiro atoms. The van der Waals surface area contributed by atoms with Gasteiger partial charge >= 0.3 is 5.97 Å². The second-order valence-electron chi connectivity index (χ2n) is 5.30. The van der Waals surface area contributed by atoms with Crippen molar-refractivity contribution in [1.82, 2.24) is 10.3 Å². The third-order valence-electron chi connectivity index (χ3n) is 3.82. The highest BCUT2D eigenvalue weighted by molar-refractivity contribution is 6.36. The Morgan fingerprint density at radius 3 is 2.38 bits per heavy atom. The molecule has 0 atom stereocenters. The van der Waals surface area contributed by atoms with Crippen LogP contribution < -0.4 is 19.5 Å². The first-order valence-corrected chi connectivity index (χ1v) is 8.43. The van der Waals surface area contributed by atoms with E-state index in [0.717, 1.165) is 5.69 Å². The van der Waals surface area contributed by atoms with E-state index in [1.165, 1.54) is 14.2 Å². The zero-order valence-electron chi connectivity index (χ0n) is 15.5. The summed E-state index contributed by atoms with van der Waals surface area (Å²) < 4.78 is 21.4. The van der Waals surface area contributed by atoms with Gasteiger partial charge in [0.15, 0.2) is 11.5 Å². The fourth-order valence-corrected chi connectivity index (χ4v) is 3.10. The zero-order valence-corrected chi connectivity index (χ0v) is 16.2. The molecule has 26 heavy (non-hydrogen) atoms. The summed E-state index contributed by atoms with van der Waals surface area (Å²) in [5.41, 5.74) is 2.24. The highest BCUT2D eigenvalue weighted by Gasteiger charge is 2.27. The molecule has 142 valence electrons. The molecule has 0 saturated carbocycles. The van der Waals surface area contributed by atoms with Gasteiger partial charge < -0.3 is 29.2 Å². The Kier molecular flexibility index (Phi) is 6.76. The standard InChI is InChI=1S/C18H23ClN2O5/c1-6-26-18(22)15-14(19)13(11(21-15)9-20-2)10-7-8-12(23-3)17(25-5)16(10)24-4/h7-8,20-21H,6,9H2,1-5H3. The first kappa shape index (κ1) is 19.9. The number of H-pyrrole nitrogens is 1. The summed E-state index contributed by atoms with van der Waals surface area (Å²) in [4.78, 5) is 15.3. The summed E-state index contributed by atoms with van der Waals surface area (Å²) >= 11 is 6.54. The van der Waals surface area contributed by atoms with Crippen molar-refractivity contribution in [3.63, 3.8) is 0 Å². The van der Waals surface area contributed by atoms with Gasteiger partial charge in [-0.2, -0.15) is 0 Å². The van der Waals surface area contributed by atoms with Crippen LogP contribution in [-0.2, 0) is 11.3 Å². The van der Waals surface area contributed by atoms with Crippen LogP contribution in [0.15, 0.2) is 12.1 Å². The van der Waals surface area contributed by atoms with E-state index in [2.05, 4.69) is 10.3 Å². The molecule has 0 radical (unpaired) electrons. The minimum absolute atomic E-state index is 0.200. The molecule has 0 bridgehead atoms. The molecule has 0 unspecified atom stereocenters. The predicted octanol–water partition coefficient (Wildman–Crippen LogP) is 3.26. The maximum absolute atomic E-state index is 12.2. The van der Waals surface area contributed by atoms with E-state index in [4.69, 9.17) is 30.5 Å². The van der Waals surface area contributed by atoms with Crippen LogP contribution in [0.2, 0.25) is 5.02 Å². The number of carbonyl (C=O) groups excluding carboxylic acids is 1. The van der Waals surface area contributed by atoms with E-state index in [1.807, 2.05) is 6.07 Å². The summed E-state index contributed by atoms with van der Waals surface area (Å²) in [5.74, 6) is 0.916. The maximum atomic E-state index is 12.2. The van der Waals surface area contributed by atoms with E-state index in [-0.39, 0.29) is 17.3 Å². The van der Waals surface area contributed by atoms with Gasteiger partial charge in [-0.3, -0.25) is 0 Å². The normalized spacial score (nSPS) is 10.5. The summed E-state index contributed by atoms with van der Waals surface area (Å²) in [6.07, 6.45) is 0. The Labute approximate surface area is 157 Å². The number of rotatable bonds is 8. The molecule has 0 saturated heterocycles. The van der Waals surface area contributed by atoms with Crippen molar-refractivity contribution in [2.45, 2.75) is 13.5 Å². The topological polar surface area (TPSA) is 81.8 Å². The number of aromatic amines is 1. The van der Waals surface area contributed by atoms with Crippen molar-refractivity contribution < 1.29 is 23.7 Å². The molecule has 8 heteroatoms. The predicted molar refractivity (Wildman–Crippen MR) is 99.6 cm³/mol. The minimum Gasteiger partial charge on any atom is -0.493 e. The van der Waals surface area contributed by atoms with Gasteiger partial charge in [0.2, 0.25) is 5.75 Å². The van der Waals surface area contributed by atoms with E-state index in [1.54, 1.807) is 27.1 Å². The molecule has 0 aliphatic heterocycles. The van der Waals surface area contributed by atoms with E-state index in [9.17, 15) is 4.79 Å². The lowest BCUT2D eigenvalue weighted by atomic mass is 10.0. The molecule has 0 aliphatic rings. The highest BCUT2D eigenvalue weighted by Crippen LogP contribution is 2.47. The second kappa shape index (κ2) is 8.82. The van der Waals surface area contributed by atoms with Crippen LogP contribution in [0, 0.1) is 0 Å². The van der Waals surface area contributed by atoms with Gasteiger partial charge in [-0.05, 0) is 26.1 Å². The Morgan fingerprint density at radius 1 is 1.15 bits per heavy atom. The van der Waals surface area contributed by atoms with Crippen molar-refractivity contribution in [3.05, 3.63) is 28.5 Å². The lowest BCUT2D eigenvalue weighted by Gasteiger charge is -2.16. The molecular weight excluding hydrogens is 360 g/mol. The molecule has 1 aromatic carbocycles. The SMILES string of the molecule is CCOC(=O)c1[nH]c(CNC)c(-c2ccc(OC)c(OC)c2OC)c1Cl. The molecule has 1 aromatic heterocycles. The lowest BCUT2D eigenvalue weighted by molar-refractivity contribution is 0.0520. The van der Waals surface area contributed by atoms with Gasteiger partial charge in [-0.1, -0.05) is 11.6 Å². The Bertz CT molecular complexity index is 788. The van der Waals surface area contributed by atoms with Crippen molar-refractivity contribution in [3.8, 4) is 28.4 Å². The number of aromatic nitrogens is 1. The zero-order chi connectivity index (χ0) is 19.3. The average Bonchev–Trinajstić information content (AvgIpc) is 2.96. The number of methoxy groups -OCH3 is 3. The van der Waals surface area contributed by atoms with Crippen LogP contribution >= 0.6 is 11.6 Å². The average molecular weight is 383 g/mol. The van der Waals surface area contributed by atoms with Crippen molar-refractivity contribution in [2.75, 3.05) is 35.0 Å². The molecule has 7 nitrogen and oxygen atoms in total. The summed E-state index contributed by atoms with van der Waals surface area (Å²) in [7, 11) is 6.41. The number of ether oxygens (including phenoxy) is 4. The van der Waals surface area contributed by atoms with Gasteiger partial charge in [0.25, 0.3) is 0 Å². The minimum atomic E-state index is -0.513. The van der Waals surface area contributed by atoms with Crippen LogP contribution in [0.5, 0.6) is 17.2 Å². The van der Waals surface area contributed by atoms with Gasteiger partial charge in [-0.25, -0.2) is 4.79 Å². The van der Waals surface area contributed by atoms with Gasteiger partial charge in [-0.15, -0.1) is 0 Å². The summed E-state index contributed by atoms with van der Waals surface area (Å²) in [6, 6.07) is 3.57. The smallest absolute Gasteiger partial charge is 0.356 e. The number of benzene rings is 1. The molecule has 2 rings (SSSR count).